The van der Waals surface area contributed by atoms with Crippen LogP contribution >= 0.6 is 28.3 Å². The number of nitrogens with zero attached hydrogens (tertiary/aromatic N) is 1. The highest BCUT2D eigenvalue weighted by atomic mass is 79.9. The lowest BCUT2D eigenvalue weighted by molar-refractivity contribution is 0.0969. The molecule has 0 radical (unpaired) electrons. The summed E-state index contributed by atoms with van der Waals surface area (Å²) in [6, 6.07) is 17.9. The second kappa shape index (κ2) is 8.14. The van der Waals surface area contributed by atoms with Crippen molar-refractivity contribution in [3.63, 3.8) is 0 Å². The van der Waals surface area contributed by atoms with Gasteiger partial charge in [-0.15, -0.1) is 28.3 Å². The Bertz CT molecular complexity index is 958. The van der Waals surface area contributed by atoms with Crippen molar-refractivity contribution in [2.75, 3.05) is 0 Å². The lowest BCUT2D eigenvalue weighted by Crippen LogP contribution is -2.22. The van der Waals surface area contributed by atoms with E-state index in [9.17, 15) is 4.79 Å². The summed E-state index contributed by atoms with van der Waals surface area (Å²) in [5, 5.41) is 8.20. The molecule has 0 unspecified atom stereocenters. The van der Waals surface area contributed by atoms with Gasteiger partial charge in [-0.05, 0) is 36.8 Å². The van der Waals surface area contributed by atoms with Crippen LogP contribution in [0.25, 0.3) is 11.1 Å². The van der Waals surface area contributed by atoms with Crippen molar-refractivity contribution in [3.05, 3.63) is 75.5 Å². The number of aryl methyl sites for hydroxylation is 1. The Morgan fingerprint density at radius 2 is 1.62 bits per heavy atom. The number of ketones is 1. The van der Waals surface area contributed by atoms with Gasteiger partial charge in [-0.25, -0.2) is 0 Å². The molecule has 3 nitrogen and oxygen atoms in total. The molecule has 0 bridgehead atoms. The lowest BCUT2D eigenvalue weighted by Gasteiger charge is -2.14. The highest BCUT2D eigenvalue weighted by Gasteiger charge is 2.18. The topological polar surface area (TPSA) is 45.9 Å². The molecule has 1 aromatic heterocycles. The van der Waals surface area contributed by atoms with E-state index >= 15 is 0 Å². The number of aromatic nitrogens is 1. The predicted octanol–water partition coefficient (Wildman–Crippen LogP) is 5.04. The van der Waals surface area contributed by atoms with Crippen molar-refractivity contribution in [1.82, 2.24) is 4.57 Å². The Hall–Kier alpha value is -1.98. The third-order valence-electron chi connectivity index (χ3n) is 4.80. The van der Waals surface area contributed by atoms with Gasteiger partial charge in [0.1, 0.15) is 0 Å². The van der Waals surface area contributed by atoms with Gasteiger partial charge in [0.05, 0.1) is 6.54 Å². The van der Waals surface area contributed by atoms with Crippen LogP contribution in [0.1, 0.15) is 33.8 Å². The first kappa shape index (κ1) is 18.8. The molecule has 0 saturated heterocycles. The maximum atomic E-state index is 12.7. The summed E-state index contributed by atoms with van der Waals surface area (Å²) in [5.74, 6) is 0.0734. The van der Waals surface area contributed by atoms with E-state index < -0.39 is 0 Å². The smallest absolute Gasteiger partial charge is 0.182 e. The molecule has 5 heteroatoms. The number of halogens is 1. The van der Waals surface area contributed by atoms with E-state index in [0.29, 0.717) is 10.4 Å². The zero-order valence-electron chi connectivity index (χ0n) is 14.4. The molecule has 2 aromatic carbocycles. The number of carbonyl (C=O) groups excluding carboxylic acids is 1. The lowest BCUT2D eigenvalue weighted by atomic mass is 10.0. The van der Waals surface area contributed by atoms with E-state index in [0.717, 1.165) is 30.4 Å². The first-order chi connectivity index (χ1) is 12.2. The van der Waals surface area contributed by atoms with Crippen LogP contribution in [0.4, 0.5) is 0 Å². The summed E-state index contributed by atoms with van der Waals surface area (Å²) < 4.78 is 1.91. The number of carbonyl (C=O) groups is 1. The van der Waals surface area contributed by atoms with Crippen molar-refractivity contribution in [2.45, 2.75) is 32.2 Å². The average Bonchev–Trinajstić information content (AvgIpc) is 2.98. The summed E-state index contributed by atoms with van der Waals surface area (Å²) >= 11 is 1.53. The summed E-state index contributed by atoms with van der Waals surface area (Å²) in [5.41, 5.74) is 4.17. The van der Waals surface area contributed by atoms with E-state index in [2.05, 4.69) is 12.1 Å². The number of benzene rings is 2. The molecule has 26 heavy (non-hydrogen) atoms. The molecule has 0 fully saturated rings. The molecule has 1 aliphatic rings. The predicted molar refractivity (Wildman–Crippen MR) is 111 cm³/mol. The van der Waals surface area contributed by atoms with Crippen LogP contribution in [-0.2, 0) is 19.4 Å². The Morgan fingerprint density at radius 1 is 0.962 bits per heavy atom. The van der Waals surface area contributed by atoms with Crippen LogP contribution < -0.4 is 4.80 Å². The minimum Gasteiger partial charge on any atom is -0.313 e. The third-order valence-corrected chi connectivity index (χ3v) is 5.90. The number of nitrogens with one attached hydrogen (secondary N) is 1. The first-order valence-electron chi connectivity index (χ1n) is 8.67. The zero-order chi connectivity index (χ0) is 17.2. The van der Waals surface area contributed by atoms with Crippen LogP contribution in [0.2, 0.25) is 0 Å². The molecule has 0 spiro atoms. The monoisotopic (exact) mass is 428 g/mol. The van der Waals surface area contributed by atoms with Gasteiger partial charge in [0.25, 0.3) is 0 Å². The maximum absolute atomic E-state index is 12.7. The second-order valence-electron chi connectivity index (χ2n) is 6.44. The molecule has 1 aliphatic carbocycles. The first-order valence-corrected chi connectivity index (χ1v) is 9.49. The van der Waals surface area contributed by atoms with Crippen LogP contribution in [0.3, 0.4) is 0 Å². The van der Waals surface area contributed by atoms with Crippen molar-refractivity contribution in [3.8, 4) is 11.1 Å². The van der Waals surface area contributed by atoms with Crippen LogP contribution in [0, 0.1) is 5.41 Å². The van der Waals surface area contributed by atoms with Crippen LogP contribution in [-0.4, -0.2) is 10.4 Å². The van der Waals surface area contributed by atoms with Crippen molar-refractivity contribution in [1.29, 1.82) is 5.41 Å². The third kappa shape index (κ3) is 3.74. The number of Topliss-reactive ketones (excluding diaryl/α,β-unsaturated/α-hetero) is 1. The van der Waals surface area contributed by atoms with Gasteiger partial charge in [0, 0.05) is 16.1 Å². The molecule has 0 aliphatic heterocycles. The van der Waals surface area contributed by atoms with Crippen molar-refractivity contribution in [2.24, 2.45) is 0 Å². The fourth-order valence-corrected chi connectivity index (χ4v) is 4.53. The molecular weight excluding hydrogens is 408 g/mol. The Balaban J connectivity index is 0.00000196. The number of rotatable bonds is 4. The summed E-state index contributed by atoms with van der Waals surface area (Å²) in [6.45, 7) is 0.273. The molecule has 0 amide bonds. The largest absolute Gasteiger partial charge is 0.313 e. The fourth-order valence-electron chi connectivity index (χ4n) is 3.43. The molecular formula is C21H21BrN2OS. The van der Waals surface area contributed by atoms with Gasteiger partial charge in [0.2, 0.25) is 0 Å². The zero-order valence-corrected chi connectivity index (χ0v) is 16.9. The number of thiazole rings is 1. The standard InChI is InChI=1S/C21H20N2OS.BrH/c22-21-23(18-8-4-5-9-20(18)25-21)14-19(24)17-12-10-16(11-13-17)15-6-2-1-3-7-15;/h1-3,6-7,10-13,22H,4-5,8-9,14H2;1H. The molecule has 0 saturated carbocycles. The highest BCUT2D eigenvalue weighted by Crippen LogP contribution is 2.24. The van der Waals surface area contributed by atoms with E-state index in [4.69, 9.17) is 5.41 Å². The van der Waals surface area contributed by atoms with E-state index in [1.165, 1.54) is 28.3 Å². The summed E-state index contributed by atoms with van der Waals surface area (Å²) in [7, 11) is 0. The molecule has 3 aromatic rings. The molecule has 0 atom stereocenters. The number of hydrogen-bond donors (Lipinski definition) is 1. The minimum absolute atomic E-state index is 0. The molecule has 134 valence electrons. The molecule has 4 rings (SSSR count). The normalized spacial score (nSPS) is 12.9. The van der Waals surface area contributed by atoms with E-state index in [1.807, 2.05) is 47.0 Å². The van der Waals surface area contributed by atoms with Gasteiger partial charge < -0.3 is 4.57 Å². The van der Waals surface area contributed by atoms with Gasteiger partial charge in [-0.3, -0.25) is 10.2 Å². The van der Waals surface area contributed by atoms with Gasteiger partial charge >= 0.3 is 0 Å². The van der Waals surface area contributed by atoms with E-state index in [-0.39, 0.29) is 29.3 Å². The number of fused-ring (bicyclic) bond motifs is 1. The van der Waals surface area contributed by atoms with Gasteiger partial charge in [-0.1, -0.05) is 54.6 Å². The summed E-state index contributed by atoms with van der Waals surface area (Å²) in [4.78, 5) is 14.5. The Morgan fingerprint density at radius 3 is 2.35 bits per heavy atom. The van der Waals surface area contributed by atoms with Crippen molar-refractivity contribution < 1.29 is 4.79 Å². The second-order valence-corrected chi connectivity index (χ2v) is 7.52. The SMILES string of the molecule is Br.N=c1sc2c(n1CC(=O)c1ccc(-c3ccccc3)cc1)CCCC2. The molecule has 1 heterocycles. The Labute approximate surface area is 167 Å². The van der Waals surface area contributed by atoms with Gasteiger partial charge in [0.15, 0.2) is 10.6 Å². The molecule has 1 N–H and O–H groups in total. The van der Waals surface area contributed by atoms with Crippen LogP contribution in [0.5, 0.6) is 0 Å². The van der Waals surface area contributed by atoms with Crippen molar-refractivity contribution >= 4 is 34.1 Å². The quantitative estimate of drug-likeness (QED) is 0.581. The Kier molecular flexibility index (Phi) is 5.89. The van der Waals surface area contributed by atoms with Gasteiger partial charge in [-0.2, -0.15) is 0 Å². The van der Waals surface area contributed by atoms with E-state index in [1.54, 1.807) is 0 Å². The van der Waals surface area contributed by atoms with Crippen LogP contribution in [0.15, 0.2) is 54.6 Å². The average molecular weight is 429 g/mol. The minimum atomic E-state index is 0. The number of hydrogen-bond acceptors (Lipinski definition) is 3. The maximum Gasteiger partial charge on any atom is 0.182 e. The fraction of sp³-hybridized carbons (Fsp3) is 0.238. The summed E-state index contributed by atoms with van der Waals surface area (Å²) in [6.07, 6.45) is 4.40. The highest BCUT2D eigenvalue weighted by molar-refractivity contribution is 8.93.